The van der Waals surface area contributed by atoms with Crippen LogP contribution < -0.4 is 0 Å². The zero-order chi connectivity index (χ0) is 22.0. The zero-order valence-corrected chi connectivity index (χ0v) is 17.0. The molecule has 6 nitrogen and oxygen atoms in total. The number of aromatic hydroxyl groups is 1. The molecule has 0 bridgehead atoms. The van der Waals surface area contributed by atoms with Crippen LogP contribution in [0.1, 0.15) is 21.5 Å². The van der Waals surface area contributed by atoms with Crippen molar-refractivity contribution < 1.29 is 24.6 Å². The summed E-state index contributed by atoms with van der Waals surface area (Å²) in [6, 6.07) is 21.5. The van der Waals surface area contributed by atoms with Crippen LogP contribution in [-0.4, -0.2) is 32.2 Å². The van der Waals surface area contributed by atoms with Crippen LogP contribution in [0.5, 0.6) is 5.75 Å². The van der Waals surface area contributed by atoms with E-state index in [1.165, 1.54) is 24.3 Å². The minimum absolute atomic E-state index is 0.146. The van der Waals surface area contributed by atoms with Gasteiger partial charge in [0.25, 0.3) is 11.1 Å². The Morgan fingerprint density at radius 2 is 1.61 bits per heavy atom. The lowest BCUT2D eigenvalue weighted by atomic mass is 10.0. The molecule has 0 radical (unpaired) electrons. The van der Waals surface area contributed by atoms with E-state index >= 15 is 0 Å². The van der Waals surface area contributed by atoms with Crippen LogP contribution in [0.2, 0.25) is 0 Å². The van der Waals surface area contributed by atoms with Gasteiger partial charge in [-0.05, 0) is 52.2 Å². The Labute approximate surface area is 182 Å². The van der Waals surface area contributed by atoms with E-state index in [2.05, 4.69) is 0 Å². The molecular weight excluding hydrogens is 414 g/mol. The van der Waals surface area contributed by atoms with E-state index in [0.29, 0.717) is 5.56 Å². The van der Waals surface area contributed by atoms with Crippen molar-refractivity contribution in [3.63, 3.8) is 0 Å². The van der Waals surface area contributed by atoms with Gasteiger partial charge in [0.2, 0.25) is 0 Å². The van der Waals surface area contributed by atoms with Gasteiger partial charge in [-0.25, -0.2) is 4.79 Å². The standard InChI is InChI=1S/C24H17NO5S/c26-20-11-8-16(12-19(20)23(28)29)13-21-22(27)25(24(30)31-21)14-15-6-9-18(10-7-15)17-4-2-1-3-5-17/h1-13,26H,14H2,(H,28,29)/b21-13-. The summed E-state index contributed by atoms with van der Waals surface area (Å²) < 4.78 is 0. The number of amides is 2. The Bertz CT molecular complexity index is 1200. The summed E-state index contributed by atoms with van der Waals surface area (Å²) in [6.07, 6.45) is 1.45. The van der Waals surface area contributed by atoms with Crippen LogP contribution in [0.15, 0.2) is 77.7 Å². The van der Waals surface area contributed by atoms with Crippen molar-refractivity contribution in [1.29, 1.82) is 0 Å². The van der Waals surface area contributed by atoms with Crippen molar-refractivity contribution in [3.05, 3.63) is 94.4 Å². The molecule has 4 rings (SSSR count). The number of aromatic carboxylic acids is 1. The number of hydrogen-bond acceptors (Lipinski definition) is 5. The van der Waals surface area contributed by atoms with E-state index in [1.54, 1.807) is 0 Å². The van der Waals surface area contributed by atoms with E-state index in [1.807, 2.05) is 54.6 Å². The van der Waals surface area contributed by atoms with Crippen molar-refractivity contribution >= 4 is 35.0 Å². The van der Waals surface area contributed by atoms with E-state index in [4.69, 9.17) is 5.11 Å². The van der Waals surface area contributed by atoms with Crippen LogP contribution in [0.4, 0.5) is 4.79 Å². The molecule has 1 aliphatic rings. The molecule has 0 unspecified atom stereocenters. The molecule has 0 saturated carbocycles. The number of nitrogens with zero attached hydrogens (tertiary/aromatic N) is 1. The lowest BCUT2D eigenvalue weighted by Crippen LogP contribution is -2.27. The molecule has 3 aromatic rings. The van der Waals surface area contributed by atoms with Crippen molar-refractivity contribution in [3.8, 4) is 16.9 Å². The molecule has 154 valence electrons. The summed E-state index contributed by atoms with van der Waals surface area (Å²) >= 11 is 0.803. The summed E-state index contributed by atoms with van der Waals surface area (Å²) in [5.74, 6) is -2.08. The Hall–Kier alpha value is -3.84. The zero-order valence-electron chi connectivity index (χ0n) is 16.2. The maximum Gasteiger partial charge on any atom is 0.339 e. The van der Waals surface area contributed by atoms with Gasteiger partial charge in [-0.3, -0.25) is 14.5 Å². The topological polar surface area (TPSA) is 94.9 Å². The highest BCUT2D eigenvalue weighted by molar-refractivity contribution is 8.18. The van der Waals surface area contributed by atoms with Gasteiger partial charge in [0.15, 0.2) is 0 Å². The number of benzene rings is 3. The highest BCUT2D eigenvalue weighted by Crippen LogP contribution is 2.34. The first-order valence-electron chi connectivity index (χ1n) is 9.38. The number of carboxylic acids is 1. The fourth-order valence-corrected chi connectivity index (χ4v) is 4.06. The summed E-state index contributed by atoms with van der Waals surface area (Å²) in [5.41, 5.74) is 3.08. The lowest BCUT2D eigenvalue weighted by Gasteiger charge is -2.13. The average molecular weight is 431 g/mol. The number of rotatable bonds is 5. The normalized spacial score (nSPS) is 15.0. The van der Waals surface area contributed by atoms with Crippen LogP contribution in [0, 0.1) is 0 Å². The maximum absolute atomic E-state index is 12.7. The van der Waals surface area contributed by atoms with Gasteiger partial charge in [-0.1, -0.05) is 60.7 Å². The molecule has 31 heavy (non-hydrogen) atoms. The predicted octanol–water partition coefficient (Wildman–Crippen LogP) is 4.99. The summed E-state index contributed by atoms with van der Waals surface area (Å²) in [4.78, 5) is 37.7. The molecule has 0 spiro atoms. The van der Waals surface area contributed by atoms with E-state index in [0.717, 1.165) is 33.4 Å². The van der Waals surface area contributed by atoms with E-state index in [-0.39, 0.29) is 28.0 Å². The third kappa shape index (κ3) is 4.36. The molecule has 7 heteroatoms. The molecule has 1 saturated heterocycles. The highest BCUT2D eigenvalue weighted by atomic mass is 32.2. The smallest absolute Gasteiger partial charge is 0.339 e. The number of imide groups is 1. The maximum atomic E-state index is 12.7. The summed E-state index contributed by atoms with van der Waals surface area (Å²) in [6.45, 7) is 0.146. The van der Waals surface area contributed by atoms with Gasteiger partial charge in [0.1, 0.15) is 11.3 Å². The van der Waals surface area contributed by atoms with Gasteiger partial charge >= 0.3 is 5.97 Å². The Morgan fingerprint density at radius 3 is 2.29 bits per heavy atom. The average Bonchev–Trinajstić information content (AvgIpc) is 3.03. The largest absolute Gasteiger partial charge is 0.507 e. The van der Waals surface area contributed by atoms with Crippen molar-refractivity contribution in [2.45, 2.75) is 6.54 Å². The first kappa shape index (κ1) is 20.4. The van der Waals surface area contributed by atoms with E-state index in [9.17, 15) is 19.5 Å². The highest BCUT2D eigenvalue weighted by Gasteiger charge is 2.35. The second-order valence-corrected chi connectivity index (χ2v) is 7.91. The first-order valence-corrected chi connectivity index (χ1v) is 10.2. The molecule has 0 aliphatic carbocycles. The lowest BCUT2D eigenvalue weighted by molar-refractivity contribution is -0.123. The van der Waals surface area contributed by atoms with Crippen molar-refractivity contribution in [2.75, 3.05) is 0 Å². The molecule has 0 aromatic heterocycles. The number of carboxylic acid groups (broad SMARTS) is 1. The molecule has 1 fully saturated rings. The summed E-state index contributed by atoms with van der Waals surface area (Å²) in [5, 5.41) is 18.4. The van der Waals surface area contributed by atoms with Gasteiger partial charge < -0.3 is 10.2 Å². The molecule has 2 N–H and O–H groups in total. The quantitative estimate of drug-likeness (QED) is 0.553. The number of hydrogen-bond donors (Lipinski definition) is 2. The minimum Gasteiger partial charge on any atom is -0.507 e. The van der Waals surface area contributed by atoms with Gasteiger partial charge in [-0.2, -0.15) is 0 Å². The SMILES string of the molecule is O=C(O)c1cc(/C=C2\SC(=O)N(Cc3ccc(-c4ccccc4)cc3)C2=O)ccc1O. The van der Waals surface area contributed by atoms with Gasteiger partial charge in [-0.15, -0.1) is 0 Å². The third-order valence-corrected chi connectivity index (χ3v) is 5.73. The number of carbonyl (C=O) groups excluding carboxylic acids is 2. The van der Waals surface area contributed by atoms with Crippen LogP contribution in [-0.2, 0) is 11.3 Å². The number of phenols is 1. The van der Waals surface area contributed by atoms with Crippen molar-refractivity contribution in [1.82, 2.24) is 4.90 Å². The number of carbonyl (C=O) groups is 3. The Kier molecular flexibility index (Phi) is 5.60. The van der Waals surface area contributed by atoms with Crippen LogP contribution in [0.25, 0.3) is 17.2 Å². The van der Waals surface area contributed by atoms with Gasteiger partial charge in [0, 0.05) is 0 Å². The first-order chi connectivity index (χ1) is 14.9. The second-order valence-electron chi connectivity index (χ2n) is 6.91. The number of thioether (sulfide) groups is 1. The molecule has 2 amide bonds. The molecular formula is C24H17NO5S. The second kappa shape index (κ2) is 8.49. The van der Waals surface area contributed by atoms with Crippen molar-refractivity contribution in [2.24, 2.45) is 0 Å². The predicted molar refractivity (Wildman–Crippen MR) is 118 cm³/mol. The van der Waals surface area contributed by atoms with E-state index < -0.39 is 11.9 Å². The third-order valence-electron chi connectivity index (χ3n) is 4.82. The van der Waals surface area contributed by atoms with Crippen LogP contribution >= 0.6 is 11.8 Å². The Balaban J connectivity index is 1.52. The summed E-state index contributed by atoms with van der Waals surface area (Å²) in [7, 11) is 0. The molecule has 3 aromatic carbocycles. The van der Waals surface area contributed by atoms with Gasteiger partial charge in [0.05, 0.1) is 11.4 Å². The monoisotopic (exact) mass is 431 g/mol. The minimum atomic E-state index is -1.28. The fraction of sp³-hybridized carbons (Fsp3) is 0.0417. The molecule has 1 heterocycles. The Morgan fingerprint density at radius 1 is 0.935 bits per heavy atom. The van der Waals surface area contributed by atoms with Crippen LogP contribution in [0.3, 0.4) is 0 Å². The molecule has 1 aliphatic heterocycles. The molecule has 0 atom stereocenters. The fourth-order valence-electron chi connectivity index (χ4n) is 3.22.